The highest BCUT2D eigenvalue weighted by Gasteiger charge is 2.20. The average Bonchev–Trinajstić information content (AvgIpc) is 3.20. The number of nitrogens with zero attached hydrogens (tertiary/aromatic N) is 1. The fraction of sp³-hybridized carbons (Fsp3) is 0.125. The van der Waals surface area contributed by atoms with Crippen LogP contribution < -0.4 is 4.57 Å². The zero-order chi connectivity index (χ0) is 21.6. The van der Waals surface area contributed by atoms with Crippen molar-refractivity contribution in [2.45, 2.75) is 25.3 Å². The average molecular weight is 422 g/mol. The molecular formula is C24H23NO4S. The lowest BCUT2D eigenvalue weighted by atomic mass is 10.2. The molecule has 4 rings (SSSR count). The molecule has 0 amide bonds. The molecule has 0 spiro atoms. The van der Waals surface area contributed by atoms with E-state index in [0.717, 1.165) is 34.9 Å². The van der Waals surface area contributed by atoms with E-state index in [0.29, 0.717) is 0 Å². The van der Waals surface area contributed by atoms with Crippen molar-refractivity contribution >= 4 is 10.1 Å². The third-order valence-corrected chi connectivity index (χ3v) is 5.32. The minimum Gasteiger partial charge on any atom is -0.744 e. The first kappa shape index (κ1) is 21.5. The molecule has 0 saturated heterocycles. The second kappa shape index (κ2) is 9.52. The van der Waals surface area contributed by atoms with Crippen LogP contribution in [0.5, 0.6) is 0 Å². The van der Waals surface area contributed by atoms with E-state index in [1.54, 1.807) is 12.1 Å². The van der Waals surface area contributed by atoms with Gasteiger partial charge in [-0.3, -0.25) is 0 Å². The Hall–Kier alpha value is -3.22. The van der Waals surface area contributed by atoms with Gasteiger partial charge in [-0.2, -0.15) is 4.57 Å². The predicted molar refractivity (Wildman–Crippen MR) is 115 cm³/mol. The van der Waals surface area contributed by atoms with Gasteiger partial charge in [-0.15, -0.1) is 0 Å². The molecule has 0 radical (unpaired) electrons. The molecule has 4 aromatic rings. The van der Waals surface area contributed by atoms with E-state index in [1.807, 2.05) is 43.3 Å². The molecule has 0 bridgehead atoms. The number of oxazole rings is 1. The lowest BCUT2D eigenvalue weighted by Crippen LogP contribution is -2.31. The quantitative estimate of drug-likeness (QED) is 0.350. The first-order chi connectivity index (χ1) is 14.4. The number of benzene rings is 3. The van der Waals surface area contributed by atoms with E-state index in [4.69, 9.17) is 4.42 Å². The van der Waals surface area contributed by atoms with Gasteiger partial charge in [0.05, 0.1) is 10.5 Å². The van der Waals surface area contributed by atoms with Gasteiger partial charge in [-0.1, -0.05) is 66.2 Å². The molecule has 0 atom stereocenters. The SMILES string of the molecule is CC[n+]1cc(-c2ccccc2)oc1-c1ccccc1.Cc1ccc(S(=O)(=O)[O-])cc1. The maximum atomic E-state index is 10.4. The lowest BCUT2D eigenvalue weighted by molar-refractivity contribution is -0.684. The first-order valence-corrected chi connectivity index (χ1v) is 11.0. The summed E-state index contributed by atoms with van der Waals surface area (Å²) in [6.07, 6.45) is 2.07. The van der Waals surface area contributed by atoms with Crippen molar-refractivity contribution in [2.75, 3.05) is 0 Å². The normalized spacial score (nSPS) is 10.9. The van der Waals surface area contributed by atoms with Gasteiger partial charge in [0.15, 0.2) is 0 Å². The summed E-state index contributed by atoms with van der Waals surface area (Å²) >= 11 is 0. The summed E-state index contributed by atoms with van der Waals surface area (Å²) in [4.78, 5) is -0.178. The molecule has 0 aliphatic heterocycles. The Morgan fingerprint density at radius 1 is 0.833 bits per heavy atom. The zero-order valence-corrected chi connectivity index (χ0v) is 17.7. The van der Waals surface area contributed by atoms with Gasteiger partial charge < -0.3 is 8.97 Å². The van der Waals surface area contributed by atoms with Gasteiger partial charge in [-0.25, -0.2) is 8.42 Å². The molecule has 0 saturated carbocycles. The van der Waals surface area contributed by atoms with Gasteiger partial charge in [0.1, 0.15) is 16.7 Å². The van der Waals surface area contributed by atoms with Crippen molar-refractivity contribution in [1.29, 1.82) is 0 Å². The minimum absolute atomic E-state index is 0.178. The van der Waals surface area contributed by atoms with E-state index in [2.05, 4.69) is 42.0 Å². The molecule has 0 unspecified atom stereocenters. The largest absolute Gasteiger partial charge is 0.744 e. The Labute approximate surface area is 177 Å². The Morgan fingerprint density at radius 3 is 1.87 bits per heavy atom. The number of hydrogen-bond acceptors (Lipinski definition) is 4. The Kier molecular flexibility index (Phi) is 6.82. The Morgan fingerprint density at radius 2 is 1.37 bits per heavy atom. The summed E-state index contributed by atoms with van der Waals surface area (Å²) in [5.74, 6) is 1.81. The zero-order valence-electron chi connectivity index (χ0n) is 16.9. The Balaban J connectivity index is 0.000000199. The molecule has 5 nitrogen and oxygen atoms in total. The highest BCUT2D eigenvalue weighted by Crippen LogP contribution is 2.24. The molecule has 0 aliphatic carbocycles. The fourth-order valence-electron chi connectivity index (χ4n) is 2.87. The smallest absolute Gasteiger partial charge is 0.381 e. The second-order valence-corrected chi connectivity index (χ2v) is 8.07. The number of hydrogen-bond donors (Lipinski definition) is 0. The minimum atomic E-state index is -4.27. The van der Waals surface area contributed by atoms with Gasteiger partial charge in [-0.05, 0) is 38.1 Å². The third kappa shape index (κ3) is 5.43. The maximum absolute atomic E-state index is 10.4. The molecule has 3 aromatic carbocycles. The number of rotatable bonds is 4. The van der Waals surface area contributed by atoms with Crippen molar-refractivity contribution < 1.29 is 22.0 Å². The fourth-order valence-corrected chi connectivity index (χ4v) is 3.34. The molecule has 154 valence electrons. The molecule has 6 heteroatoms. The molecule has 0 aliphatic rings. The summed E-state index contributed by atoms with van der Waals surface area (Å²) in [5.41, 5.74) is 3.14. The molecule has 1 aromatic heterocycles. The summed E-state index contributed by atoms with van der Waals surface area (Å²) in [6.45, 7) is 4.83. The van der Waals surface area contributed by atoms with Crippen LogP contribution in [0.2, 0.25) is 0 Å². The number of aromatic nitrogens is 1. The summed E-state index contributed by atoms with van der Waals surface area (Å²) in [6, 6.07) is 26.2. The van der Waals surface area contributed by atoms with E-state index < -0.39 is 10.1 Å². The van der Waals surface area contributed by atoms with Crippen molar-refractivity contribution in [3.05, 3.63) is 96.7 Å². The molecule has 0 fully saturated rings. The van der Waals surface area contributed by atoms with Crippen LogP contribution in [-0.4, -0.2) is 13.0 Å². The number of aryl methyl sites for hydroxylation is 2. The first-order valence-electron chi connectivity index (χ1n) is 9.55. The van der Waals surface area contributed by atoms with Crippen molar-refractivity contribution in [3.8, 4) is 22.8 Å². The Bertz CT molecular complexity index is 1180. The predicted octanol–water partition coefficient (Wildman–Crippen LogP) is 4.82. The van der Waals surface area contributed by atoms with Crippen LogP contribution in [0.15, 0.2) is 100 Å². The summed E-state index contributed by atoms with van der Waals surface area (Å²) in [5, 5.41) is 0. The van der Waals surface area contributed by atoms with E-state index in [9.17, 15) is 13.0 Å². The molecule has 1 heterocycles. The monoisotopic (exact) mass is 421 g/mol. The van der Waals surface area contributed by atoms with E-state index >= 15 is 0 Å². The summed E-state index contributed by atoms with van der Waals surface area (Å²) < 4.78 is 39.3. The van der Waals surface area contributed by atoms with E-state index in [-0.39, 0.29) is 4.90 Å². The highest BCUT2D eigenvalue weighted by atomic mass is 32.2. The summed E-state index contributed by atoms with van der Waals surface area (Å²) in [7, 11) is -4.27. The van der Waals surface area contributed by atoms with Gasteiger partial charge in [0.25, 0.3) is 0 Å². The van der Waals surface area contributed by atoms with Crippen LogP contribution in [-0.2, 0) is 16.7 Å². The van der Waals surface area contributed by atoms with Crippen LogP contribution in [0.4, 0.5) is 0 Å². The topological polar surface area (TPSA) is 74.2 Å². The van der Waals surface area contributed by atoms with Gasteiger partial charge in [0.2, 0.25) is 12.0 Å². The standard InChI is InChI=1S/C17H16NO.C7H8O3S/c1-2-18-13-16(14-9-5-3-6-10-14)19-17(18)15-11-7-4-8-12-15;1-6-2-4-7(5-3-6)11(8,9)10/h3-13H,2H2,1H3;2-5H,1H3,(H,8,9,10)/q+1;/p-1. The molecule has 0 N–H and O–H groups in total. The van der Waals surface area contributed by atoms with Crippen molar-refractivity contribution in [1.82, 2.24) is 0 Å². The second-order valence-electron chi connectivity index (χ2n) is 6.69. The van der Waals surface area contributed by atoms with Gasteiger partial charge in [0, 0.05) is 5.56 Å². The van der Waals surface area contributed by atoms with Gasteiger partial charge >= 0.3 is 5.89 Å². The molecular weight excluding hydrogens is 398 g/mol. The van der Waals surface area contributed by atoms with Crippen LogP contribution in [0.3, 0.4) is 0 Å². The lowest BCUT2D eigenvalue weighted by Gasteiger charge is -2.05. The van der Waals surface area contributed by atoms with Crippen molar-refractivity contribution in [2.24, 2.45) is 0 Å². The van der Waals surface area contributed by atoms with Crippen LogP contribution >= 0.6 is 0 Å². The highest BCUT2D eigenvalue weighted by molar-refractivity contribution is 7.85. The third-order valence-electron chi connectivity index (χ3n) is 4.47. The van der Waals surface area contributed by atoms with Crippen molar-refractivity contribution in [3.63, 3.8) is 0 Å². The molecule has 30 heavy (non-hydrogen) atoms. The maximum Gasteiger partial charge on any atom is 0.381 e. The van der Waals surface area contributed by atoms with E-state index in [1.165, 1.54) is 12.1 Å². The van der Waals surface area contributed by atoms with Crippen LogP contribution in [0.1, 0.15) is 12.5 Å². The van der Waals surface area contributed by atoms with Crippen LogP contribution in [0, 0.1) is 6.92 Å². The van der Waals surface area contributed by atoms with Crippen LogP contribution in [0.25, 0.3) is 22.8 Å².